The Kier molecular flexibility index (Phi) is 5.44. The summed E-state index contributed by atoms with van der Waals surface area (Å²) in [6, 6.07) is 8.58. The van der Waals surface area contributed by atoms with Crippen molar-refractivity contribution in [1.82, 2.24) is 19.4 Å². The van der Waals surface area contributed by atoms with Gasteiger partial charge in [-0.25, -0.2) is 8.42 Å². The van der Waals surface area contributed by atoms with E-state index in [1.807, 2.05) is 13.0 Å². The van der Waals surface area contributed by atoms with Crippen LogP contribution in [0.3, 0.4) is 0 Å². The zero-order valence-electron chi connectivity index (χ0n) is 13.5. The second-order valence-electron chi connectivity index (χ2n) is 5.39. The van der Waals surface area contributed by atoms with E-state index in [2.05, 4.69) is 15.1 Å². The number of aromatic nitrogens is 2. The summed E-state index contributed by atoms with van der Waals surface area (Å²) < 4.78 is 32.1. The third kappa shape index (κ3) is 3.92. The van der Waals surface area contributed by atoms with Gasteiger partial charge in [0.15, 0.2) is 0 Å². The largest absolute Gasteiger partial charge is 0.469 e. The Morgan fingerprint density at radius 1 is 1.12 bits per heavy atom. The highest BCUT2D eigenvalue weighted by molar-refractivity contribution is 7.89. The number of piperazine rings is 1. The molecule has 0 saturated carbocycles. The molecule has 0 atom stereocenters. The molecule has 24 heavy (non-hydrogen) atoms. The van der Waals surface area contributed by atoms with Crippen LogP contribution in [0.1, 0.15) is 11.9 Å². The van der Waals surface area contributed by atoms with Crippen molar-refractivity contribution in [3.05, 3.63) is 35.3 Å². The van der Waals surface area contributed by atoms with E-state index < -0.39 is 10.0 Å². The number of nitrogens with zero attached hydrogens (tertiary/aromatic N) is 4. The molecule has 1 aromatic heterocycles. The van der Waals surface area contributed by atoms with Crippen LogP contribution in [0.2, 0.25) is 0 Å². The smallest absolute Gasteiger partial charge is 0.294 e. The Hall–Kier alpha value is -1.55. The van der Waals surface area contributed by atoms with Gasteiger partial charge in [0.25, 0.3) is 5.19 Å². The van der Waals surface area contributed by atoms with E-state index in [1.54, 1.807) is 28.6 Å². The number of rotatable bonds is 6. The maximum absolute atomic E-state index is 12.6. The summed E-state index contributed by atoms with van der Waals surface area (Å²) in [5.74, 6) is 0. The standard InChI is InChI=1S/C15H20N4O3S2/c1-2-22-15-17-16-14(23-15)12-18-8-10-19(11-9-18)24(20,21)13-6-4-3-5-7-13/h3-7H,2,8-12H2,1H3. The first-order valence-electron chi connectivity index (χ1n) is 7.82. The van der Waals surface area contributed by atoms with Crippen LogP contribution in [0, 0.1) is 0 Å². The van der Waals surface area contributed by atoms with Crippen molar-refractivity contribution in [1.29, 1.82) is 0 Å². The number of benzene rings is 1. The maximum Gasteiger partial charge on any atom is 0.294 e. The van der Waals surface area contributed by atoms with Crippen molar-refractivity contribution in [2.45, 2.75) is 18.4 Å². The molecular formula is C15H20N4O3S2. The Morgan fingerprint density at radius 2 is 1.83 bits per heavy atom. The van der Waals surface area contributed by atoms with Gasteiger partial charge in [-0.2, -0.15) is 4.31 Å². The zero-order valence-corrected chi connectivity index (χ0v) is 15.1. The van der Waals surface area contributed by atoms with E-state index in [-0.39, 0.29) is 0 Å². The lowest BCUT2D eigenvalue weighted by atomic mass is 10.3. The molecule has 7 nitrogen and oxygen atoms in total. The minimum absolute atomic E-state index is 0.351. The highest BCUT2D eigenvalue weighted by Gasteiger charge is 2.28. The number of ether oxygens (including phenoxy) is 1. The van der Waals surface area contributed by atoms with Gasteiger partial charge in [-0.05, 0) is 19.1 Å². The normalized spacial score (nSPS) is 17.0. The minimum atomic E-state index is -3.40. The monoisotopic (exact) mass is 368 g/mol. The molecule has 2 aromatic rings. The van der Waals surface area contributed by atoms with Gasteiger partial charge in [-0.15, -0.1) is 10.2 Å². The first-order chi connectivity index (χ1) is 11.6. The van der Waals surface area contributed by atoms with Gasteiger partial charge in [0.1, 0.15) is 5.01 Å². The third-order valence-corrected chi connectivity index (χ3v) is 6.52. The molecular weight excluding hydrogens is 348 g/mol. The molecule has 1 aliphatic heterocycles. The van der Waals surface area contributed by atoms with Crippen molar-refractivity contribution >= 4 is 21.4 Å². The fourth-order valence-corrected chi connectivity index (χ4v) is 4.78. The Labute approximate surface area is 145 Å². The van der Waals surface area contributed by atoms with Crippen LogP contribution in [0.4, 0.5) is 0 Å². The molecule has 1 fully saturated rings. The van der Waals surface area contributed by atoms with E-state index in [4.69, 9.17) is 4.74 Å². The predicted molar refractivity (Wildman–Crippen MR) is 91.6 cm³/mol. The molecule has 1 aromatic carbocycles. The lowest BCUT2D eigenvalue weighted by Gasteiger charge is -2.33. The van der Waals surface area contributed by atoms with Crippen LogP contribution in [0.5, 0.6) is 5.19 Å². The van der Waals surface area contributed by atoms with Gasteiger partial charge in [0.2, 0.25) is 10.0 Å². The Bertz CT molecular complexity index is 756. The third-order valence-electron chi connectivity index (χ3n) is 3.79. The lowest BCUT2D eigenvalue weighted by Crippen LogP contribution is -2.48. The van der Waals surface area contributed by atoms with Crippen molar-refractivity contribution in [3.8, 4) is 5.19 Å². The van der Waals surface area contributed by atoms with Crippen molar-refractivity contribution in [3.63, 3.8) is 0 Å². The summed E-state index contributed by atoms with van der Waals surface area (Å²) in [6.07, 6.45) is 0. The number of hydrogen-bond donors (Lipinski definition) is 0. The quantitative estimate of drug-likeness (QED) is 0.768. The van der Waals surface area contributed by atoms with Crippen LogP contribution in [-0.4, -0.2) is 60.6 Å². The van der Waals surface area contributed by atoms with E-state index in [1.165, 1.54) is 11.3 Å². The van der Waals surface area contributed by atoms with E-state index in [9.17, 15) is 8.42 Å². The molecule has 0 unspecified atom stereocenters. The van der Waals surface area contributed by atoms with Gasteiger partial charge in [-0.1, -0.05) is 29.5 Å². The fraction of sp³-hybridized carbons (Fsp3) is 0.467. The van der Waals surface area contributed by atoms with E-state index in [0.717, 1.165) is 5.01 Å². The summed E-state index contributed by atoms with van der Waals surface area (Å²) in [5, 5.41) is 9.56. The molecule has 3 rings (SSSR count). The minimum Gasteiger partial charge on any atom is -0.469 e. The number of sulfonamides is 1. The average molecular weight is 368 g/mol. The Morgan fingerprint density at radius 3 is 2.50 bits per heavy atom. The van der Waals surface area contributed by atoms with Crippen molar-refractivity contribution < 1.29 is 13.2 Å². The van der Waals surface area contributed by atoms with Crippen LogP contribution in [0.15, 0.2) is 35.2 Å². The molecule has 0 radical (unpaired) electrons. The molecule has 1 saturated heterocycles. The van der Waals surface area contributed by atoms with Gasteiger partial charge in [0.05, 0.1) is 18.0 Å². The topological polar surface area (TPSA) is 75.6 Å². The molecule has 0 bridgehead atoms. The maximum atomic E-state index is 12.6. The van der Waals surface area contributed by atoms with Gasteiger partial charge in [-0.3, -0.25) is 4.90 Å². The van der Waals surface area contributed by atoms with Gasteiger partial charge in [0, 0.05) is 26.2 Å². The predicted octanol–water partition coefficient (Wildman–Crippen LogP) is 1.44. The zero-order chi connectivity index (χ0) is 17.0. The van der Waals surface area contributed by atoms with E-state index >= 15 is 0 Å². The molecule has 9 heteroatoms. The number of hydrogen-bond acceptors (Lipinski definition) is 7. The van der Waals surface area contributed by atoms with Crippen molar-refractivity contribution in [2.75, 3.05) is 32.8 Å². The molecule has 2 heterocycles. The highest BCUT2D eigenvalue weighted by atomic mass is 32.2. The molecule has 1 aliphatic rings. The van der Waals surface area contributed by atoms with Crippen molar-refractivity contribution in [2.24, 2.45) is 0 Å². The average Bonchev–Trinajstić information content (AvgIpc) is 3.04. The second kappa shape index (κ2) is 7.56. The summed E-state index contributed by atoms with van der Waals surface area (Å²) in [5.41, 5.74) is 0. The first-order valence-corrected chi connectivity index (χ1v) is 10.1. The summed E-state index contributed by atoms with van der Waals surface area (Å²) >= 11 is 1.44. The van der Waals surface area contributed by atoms with Crippen LogP contribution in [0.25, 0.3) is 0 Å². The molecule has 130 valence electrons. The summed E-state index contributed by atoms with van der Waals surface area (Å²) in [6.45, 7) is 5.47. The van der Waals surface area contributed by atoms with E-state index in [0.29, 0.717) is 49.4 Å². The fourth-order valence-electron chi connectivity index (χ4n) is 2.54. The second-order valence-corrected chi connectivity index (χ2v) is 8.35. The Balaban J connectivity index is 1.57. The highest BCUT2D eigenvalue weighted by Crippen LogP contribution is 2.21. The molecule has 0 N–H and O–H groups in total. The molecule has 0 aliphatic carbocycles. The SMILES string of the molecule is CCOc1nnc(CN2CCN(S(=O)(=O)c3ccccc3)CC2)s1. The lowest BCUT2D eigenvalue weighted by molar-refractivity contribution is 0.181. The molecule has 0 amide bonds. The van der Waals surface area contributed by atoms with Gasteiger partial charge < -0.3 is 4.74 Å². The summed E-state index contributed by atoms with van der Waals surface area (Å²) in [4.78, 5) is 2.54. The van der Waals surface area contributed by atoms with Crippen LogP contribution < -0.4 is 4.74 Å². The molecule has 0 spiro atoms. The van der Waals surface area contributed by atoms with Crippen LogP contribution >= 0.6 is 11.3 Å². The van der Waals surface area contributed by atoms with Gasteiger partial charge >= 0.3 is 0 Å². The first kappa shape index (κ1) is 17.3. The van der Waals surface area contributed by atoms with Crippen LogP contribution in [-0.2, 0) is 16.6 Å². The summed E-state index contributed by atoms with van der Waals surface area (Å²) in [7, 11) is -3.40.